The fourth-order valence-electron chi connectivity index (χ4n) is 3.61. The van der Waals surface area contributed by atoms with E-state index in [2.05, 4.69) is 22.2 Å². The van der Waals surface area contributed by atoms with Gasteiger partial charge in [0.25, 0.3) is 0 Å². The van der Waals surface area contributed by atoms with Gasteiger partial charge >= 0.3 is 13.8 Å². The van der Waals surface area contributed by atoms with E-state index in [1.54, 1.807) is 12.1 Å². The van der Waals surface area contributed by atoms with Crippen molar-refractivity contribution in [3.05, 3.63) is 18.2 Å². The molecular formula is C23H34N5O8P. The number of nitrogens with zero attached hydrogens (tertiary/aromatic N) is 3. The van der Waals surface area contributed by atoms with E-state index in [1.807, 2.05) is 10.6 Å². The standard InChI is InChI=1S/C23H34N5O8P/c1-3-4-8-25-23-27-20-21(28(23)9-10-29)18-7-6-17(15-19(18)26-22(20)24)34-13-14-36-37(31,32)35-12-5-11-33-16(2)30/h6-7,15,29H,3-5,8-14H2,1-2H3,(H2,24,26)(H,25,27)(H,31,32). The topological polar surface area (TPSA) is 180 Å². The van der Waals surface area contributed by atoms with E-state index >= 15 is 0 Å². The SMILES string of the molecule is CCCCNc1nc2c(N)nc3cc(OCCOP(=O)(O)OCCCOC(C)=O)ccc3c2n1CCO. The number of nitrogens with one attached hydrogen (secondary N) is 1. The van der Waals surface area contributed by atoms with E-state index in [9.17, 15) is 19.4 Å². The zero-order valence-corrected chi connectivity index (χ0v) is 21.9. The zero-order valence-electron chi connectivity index (χ0n) is 21.0. The molecule has 1 atom stereocenters. The van der Waals surface area contributed by atoms with Crippen molar-refractivity contribution in [3.63, 3.8) is 0 Å². The molecule has 0 saturated heterocycles. The Morgan fingerprint density at radius 1 is 1.16 bits per heavy atom. The van der Waals surface area contributed by atoms with Gasteiger partial charge in [0, 0.05) is 37.9 Å². The Hall–Kier alpha value is -2.96. The molecule has 5 N–H and O–H groups in total. The highest BCUT2D eigenvalue weighted by atomic mass is 31.2. The minimum atomic E-state index is -4.26. The van der Waals surface area contributed by atoms with E-state index < -0.39 is 13.8 Å². The second kappa shape index (κ2) is 13.5. The number of ether oxygens (including phenoxy) is 2. The van der Waals surface area contributed by atoms with Crippen molar-refractivity contribution in [3.8, 4) is 5.75 Å². The summed E-state index contributed by atoms with van der Waals surface area (Å²) in [5.41, 5.74) is 8.10. The van der Waals surface area contributed by atoms with Gasteiger partial charge in [0.15, 0.2) is 5.82 Å². The smallest absolute Gasteiger partial charge is 0.472 e. The molecule has 1 aromatic carbocycles. The fourth-order valence-corrected chi connectivity index (χ4v) is 4.35. The Morgan fingerprint density at radius 2 is 1.95 bits per heavy atom. The van der Waals surface area contributed by atoms with Crippen molar-refractivity contribution in [1.82, 2.24) is 14.5 Å². The minimum Gasteiger partial charge on any atom is -0.491 e. The van der Waals surface area contributed by atoms with Gasteiger partial charge in [-0.2, -0.15) is 0 Å². The summed E-state index contributed by atoms with van der Waals surface area (Å²) in [6, 6.07) is 5.27. The largest absolute Gasteiger partial charge is 0.491 e. The van der Waals surface area contributed by atoms with Gasteiger partial charge in [0.1, 0.15) is 17.9 Å². The van der Waals surface area contributed by atoms with Crippen molar-refractivity contribution < 1.29 is 37.9 Å². The lowest BCUT2D eigenvalue weighted by Crippen LogP contribution is -2.11. The molecule has 3 rings (SSSR count). The van der Waals surface area contributed by atoms with Gasteiger partial charge in [-0.05, 0) is 18.6 Å². The van der Waals surface area contributed by atoms with E-state index in [-0.39, 0.29) is 45.3 Å². The number of nitrogen functional groups attached to an aromatic ring is 1. The number of rotatable bonds is 16. The molecule has 0 aliphatic carbocycles. The van der Waals surface area contributed by atoms with Crippen molar-refractivity contribution in [2.24, 2.45) is 0 Å². The summed E-state index contributed by atoms with van der Waals surface area (Å²) in [4.78, 5) is 29.5. The van der Waals surface area contributed by atoms with Crippen LogP contribution in [0.1, 0.15) is 33.1 Å². The molecule has 0 saturated carbocycles. The van der Waals surface area contributed by atoms with Crippen molar-refractivity contribution >= 4 is 47.5 Å². The lowest BCUT2D eigenvalue weighted by Gasteiger charge is -2.13. The highest BCUT2D eigenvalue weighted by Gasteiger charge is 2.21. The predicted molar refractivity (Wildman–Crippen MR) is 138 cm³/mol. The second-order valence-corrected chi connectivity index (χ2v) is 9.59. The number of hydrogen-bond donors (Lipinski definition) is 4. The fraction of sp³-hybridized carbons (Fsp3) is 0.522. The van der Waals surface area contributed by atoms with Gasteiger partial charge in [-0.3, -0.25) is 13.8 Å². The van der Waals surface area contributed by atoms with E-state index in [0.717, 1.165) is 30.3 Å². The number of fused-ring (bicyclic) bond motifs is 3. The summed E-state index contributed by atoms with van der Waals surface area (Å²) in [6.07, 6.45) is 2.28. The van der Waals surface area contributed by atoms with Crippen LogP contribution < -0.4 is 15.8 Å². The highest BCUT2D eigenvalue weighted by molar-refractivity contribution is 7.47. The Bertz CT molecular complexity index is 1250. The maximum Gasteiger partial charge on any atom is 0.472 e. The monoisotopic (exact) mass is 539 g/mol. The average molecular weight is 540 g/mol. The molecule has 0 aliphatic heterocycles. The summed E-state index contributed by atoms with van der Waals surface area (Å²) in [5, 5.41) is 13.7. The van der Waals surface area contributed by atoms with Gasteiger partial charge in [-0.15, -0.1) is 0 Å². The van der Waals surface area contributed by atoms with Crippen molar-refractivity contribution in [2.45, 2.75) is 39.7 Å². The summed E-state index contributed by atoms with van der Waals surface area (Å²) < 4.78 is 33.9. The van der Waals surface area contributed by atoms with Crippen molar-refractivity contribution in [2.75, 3.05) is 50.6 Å². The Labute approximate surface area is 214 Å². The number of aromatic nitrogens is 3. The first-order valence-corrected chi connectivity index (χ1v) is 13.6. The lowest BCUT2D eigenvalue weighted by atomic mass is 10.1. The molecule has 37 heavy (non-hydrogen) atoms. The van der Waals surface area contributed by atoms with Crippen LogP contribution in [0.2, 0.25) is 0 Å². The number of unbranched alkanes of at least 4 members (excludes halogenated alkanes) is 1. The summed E-state index contributed by atoms with van der Waals surface area (Å²) in [5.74, 6) is 0.909. The van der Waals surface area contributed by atoms with Gasteiger partial charge in [-0.1, -0.05) is 13.3 Å². The number of carbonyl (C=O) groups is 1. The van der Waals surface area contributed by atoms with E-state index in [1.165, 1.54) is 6.92 Å². The van der Waals surface area contributed by atoms with Crippen LogP contribution in [0.4, 0.5) is 11.8 Å². The van der Waals surface area contributed by atoms with Crippen LogP contribution in [0.5, 0.6) is 5.75 Å². The number of esters is 1. The molecule has 3 aromatic rings. The molecule has 13 nitrogen and oxygen atoms in total. The van der Waals surface area contributed by atoms with Crippen LogP contribution in [-0.2, 0) is 29.7 Å². The summed E-state index contributed by atoms with van der Waals surface area (Å²) in [7, 11) is -4.26. The van der Waals surface area contributed by atoms with Crippen LogP contribution in [-0.4, -0.2) is 70.1 Å². The first-order valence-electron chi connectivity index (χ1n) is 12.1. The van der Waals surface area contributed by atoms with Gasteiger partial charge in [-0.25, -0.2) is 14.5 Å². The molecule has 2 aromatic heterocycles. The quantitative estimate of drug-likeness (QED) is 0.119. The molecule has 0 amide bonds. The number of imidazole rings is 1. The number of aliphatic hydroxyl groups is 1. The lowest BCUT2D eigenvalue weighted by molar-refractivity contribution is -0.141. The predicted octanol–water partition coefficient (Wildman–Crippen LogP) is 2.84. The number of pyridine rings is 1. The summed E-state index contributed by atoms with van der Waals surface area (Å²) >= 11 is 0. The molecule has 14 heteroatoms. The van der Waals surface area contributed by atoms with Gasteiger partial charge < -0.3 is 35.1 Å². The average Bonchev–Trinajstić information content (AvgIpc) is 3.21. The highest BCUT2D eigenvalue weighted by Crippen LogP contribution is 2.43. The molecule has 204 valence electrons. The number of benzene rings is 1. The Morgan fingerprint density at radius 3 is 2.68 bits per heavy atom. The number of hydrogen-bond acceptors (Lipinski definition) is 11. The first kappa shape index (κ1) is 28.6. The maximum absolute atomic E-state index is 11.9. The third-order valence-electron chi connectivity index (χ3n) is 5.27. The van der Waals surface area contributed by atoms with Crippen LogP contribution in [0.3, 0.4) is 0 Å². The normalized spacial score (nSPS) is 13.1. The van der Waals surface area contributed by atoms with Crippen LogP contribution in [0, 0.1) is 0 Å². The minimum absolute atomic E-state index is 0.0153. The second-order valence-electron chi connectivity index (χ2n) is 8.14. The number of nitrogens with two attached hydrogens (primary N) is 1. The number of aliphatic hydroxyl groups excluding tert-OH is 1. The van der Waals surface area contributed by atoms with Crippen LogP contribution in [0.15, 0.2) is 18.2 Å². The number of phosphoric ester groups is 1. The van der Waals surface area contributed by atoms with Crippen LogP contribution in [0.25, 0.3) is 21.9 Å². The number of carbonyl (C=O) groups excluding carboxylic acids is 1. The molecule has 0 radical (unpaired) electrons. The number of phosphoric acid groups is 1. The Balaban J connectivity index is 1.65. The molecule has 2 heterocycles. The molecule has 0 aliphatic rings. The van der Waals surface area contributed by atoms with E-state index in [4.69, 9.17) is 24.3 Å². The zero-order chi connectivity index (χ0) is 26.8. The maximum atomic E-state index is 11.9. The molecule has 1 unspecified atom stereocenters. The molecule has 0 spiro atoms. The van der Waals surface area contributed by atoms with Gasteiger partial charge in [0.2, 0.25) is 5.95 Å². The molecule has 0 fully saturated rings. The van der Waals surface area contributed by atoms with Gasteiger partial charge in [0.05, 0.1) is 37.5 Å². The van der Waals surface area contributed by atoms with Crippen molar-refractivity contribution in [1.29, 1.82) is 0 Å². The third kappa shape index (κ3) is 8.01. The molecule has 0 bridgehead atoms. The third-order valence-corrected chi connectivity index (χ3v) is 6.29. The Kier molecular flexibility index (Phi) is 10.5. The summed E-state index contributed by atoms with van der Waals surface area (Å²) in [6.45, 7) is 4.17. The molecular weight excluding hydrogens is 505 g/mol. The number of anilines is 2. The van der Waals surface area contributed by atoms with E-state index in [0.29, 0.717) is 29.3 Å². The van der Waals surface area contributed by atoms with Crippen LogP contribution >= 0.6 is 7.82 Å². The first-order chi connectivity index (χ1) is 17.8.